The van der Waals surface area contributed by atoms with Crippen LogP contribution in [-0.4, -0.2) is 38.5 Å². The molecular weight excluding hydrogens is 202 g/mol. The van der Waals surface area contributed by atoms with Crippen molar-refractivity contribution in [3.05, 3.63) is 0 Å². The lowest BCUT2D eigenvalue weighted by molar-refractivity contribution is -0.0351. The van der Waals surface area contributed by atoms with E-state index in [1.165, 1.54) is 38.5 Å². The Balaban J connectivity index is 1.58. The molecule has 0 bridgehead atoms. The summed E-state index contributed by atoms with van der Waals surface area (Å²) >= 11 is 0. The van der Waals surface area contributed by atoms with Crippen LogP contribution in [-0.2, 0) is 9.47 Å². The highest BCUT2D eigenvalue weighted by Crippen LogP contribution is 2.42. The zero-order valence-corrected chi connectivity index (χ0v) is 10.5. The summed E-state index contributed by atoms with van der Waals surface area (Å²) in [6, 6.07) is 0. The molecule has 1 unspecified atom stereocenters. The molecule has 1 atom stereocenters. The van der Waals surface area contributed by atoms with E-state index in [0.717, 1.165) is 26.1 Å². The van der Waals surface area contributed by atoms with Crippen LogP contribution in [0.15, 0.2) is 0 Å². The second kappa shape index (κ2) is 5.99. The molecule has 1 aliphatic heterocycles. The van der Waals surface area contributed by atoms with Crippen LogP contribution in [0, 0.1) is 0 Å². The van der Waals surface area contributed by atoms with Gasteiger partial charge < -0.3 is 14.8 Å². The molecule has 0 aromatic carbocycles. The summed E-state index contributed by atoms with van der Waals surface area (Å²) in [6.45, 7) is 2.91. The number of nitrogens with one attached hydrogen (secondary N) is 1. The SMILES string of the molecule is COCCCNCC1CCC2(CCCC2)O1. The van der Waals surface area contributed by atoms with Crippen LogP contribution in [0.25, 0.3) is 0 Å². The predicted molar refractivity (Wildman–Crippen MR) is 64.7 cm³/mol. The van der Waals surface area contributed by atoms with Gasteiger partial charge >= 0.3 is 0 Å². The fraction of sp³-hybridized carbons (Fsp3) is 1.00. The Bertz CT molecular complexity index is 202. The summed E-state index contributed by atoms with van der Waals surface area (Å²) in [5.41, 5.74) is 0.291. The third-order valence-corrected chi connectivity index (χ3v) is 3.93. The van der Waals surface area contributed by atoms with Gasteiger partial charge in [-0.3, -0.25) is 0 Å². The lowest BCUT2D eigenvalue weighted by Gasteiger charge is -2.23. The molecule has 0 aromatic heterocycles. The molecule has 1 saturated heterocycles. The average molecular weight is 227 g/mol. The molecule has 3 nitrogen and oxygen atoms in total. The molecule has 16 heavy (non-hydrogen) atoms. The third-order valence-electron chi connectivity index (χ3n) is 3.93. The Morgan fingerprint density at radius 1 is 1.31 bits per heavy atom. The van der Waals surface area contributed by atoms with Crippen molar-refractivity contribution < 1.29 is 9.47 Å². The lowest BCUT2D eigenvalue weighted by atomic mass is 9.98. The summed E-state index contributed by atoms with van der Waals surface area (Å²) in [4.78, 5) is 0. The molecule has 2 aliphatic rings. The maximum atomic E-state index is 6.22. The molecule has 2 rings (SSSR count). The minimum absolute atomic E-state index is 0.291. The van der Waals surface area contributed by atoms with Crippen molar-refractivity contribution in [1.29, 1.82) is 0 Å². The van der Waals surface area contributed by atoms with Gasteiger partial charge in [-0.2, -0.15) is 0 Å². The Kier molecular flexibility index (Phi) is 4.62. The van der Waals surface area contributed by atoms with Crippen LogP contribution >= 0.6 is 0 Å². The second-order valence-corrected chi connectivity index (χ2v) is 5.22. The molecule has 1 spiro atoms. The smallest absolute Gasteiger partial charge is 0.0708 e. The van der Waals surface area contributed by atoms with Crippen LogP contribution in [0.3, 0.4) is 0 Å². The standard InChI is InChI=1S/C13H25NO2/c1-15-10-4-9-14-11-12-5-8-13(16-12)6-2-3-7-13/h12,14H,2-11H2,1H3. The summed E-state index contributed by atoms with van der Waals surface area (Å²) in [6.07, 6.45) is 9.42. The Hall–Kier alpha value is -0.120. The fourth-order valence-electron chi connectivity index (χ4n) is 3.03. The van der Waals surface area contributed by atoms with Crippen LogP contribution in [0.5, 0.6) is 0 Å². The van der Waals surface area contributed by atoms with Gasteiger partial charge in [-0.1, -0.05) is 12.8 Å². The van der Waals surface area contributed by atoms with Gasteiger partial charge in [-0.05, 0) is 38.6 Å². The normalized spacial score (nSPS) is 27.9. The first kappa shape index (κ1) is 12.3. The zero-order chi connectivity index (χ0) is 11.3. The third kappa shape index (κ3) is 3.19. The minimum atomic E-state index is 0.291. The molecule has 1 N–H and O–H groups in total. The van der Waals surface area contributed by atoms with E-state index >= 15 is 0 Å². The number of hydrogen-bond donors (Lipinski definition) is 1. The van der Waals surface area contributed by atoms with Crippen molar-refractivity contribution in [2.75, 3.05) is 26.8 Å². The van der Waals surface area contributed by atoms with E-state index in [2.05, 4.69) is 5.32 Å². The van der Waals surface area contributed by atoms with Gasteiger partial charge in [0.1, 0.15) is 0 Å². The van der Waals surface area contributed by atoms with Crippen molar-refractivity contribution in [3.63, 3.8) is 0 Å². The summed E-state index contributed by atoms with van der Waals surface area (Å²) in [7, 11) is 1.75. The maximum absolute atomic E-state index is 6.22. The van der Waals surface area contributed by atoms with Gasteiger partial charge in [0, 0.05) is 20.3 Å². The molecule has 3 heteroatoms. The lowest BCUT2D eigenvalue weighted by Crippen LogP contribution is -2.31. The highest BCUT2D eigenvalue weighted by molar-refractivity contribution is 4.93. The molecule has 0 aromatic rings. The molecule has 1 heterocycles. The Morgan fingerprint density at radius 3 is 2.88 bits per heavy atom. The predicted octanol–water partition coefficient (Wildman–Crippen LogP) is 2.10. The number of methoxy groups -OCH3 is 1. The van der Waals surface area contributed by atoms with Crippen LogP contribution in [0.2, 0.25) is 0 Å². The van der Waals surface area contributed by atoms with Crippen LogP contribution in [0.4, 0.5) is 0 Å². The first-order valence-corrected chi connectivity index (χ1v) is 6.72. The Morgan fingerprint density at radius 2 is 2.12 bits per heavy atom. The van der Waals surface area contributed by atoms with E-state index in [9.17, 15) is 0 Å². The van der Waals surface area contributed by atoms with Gasteiger partial charge in [-0.25, -0.2) is 0 Å². The highest BCUT2D eigenvalue weighted by atomic mass is 16.5. The summed E-state index contributed by atoms with van der Waals surface area (Å²) in [5, 5.41) is 3.46. The van der Waals surface area contributed by atoms with Gasteiger partial charge in [-0.15, -0.1) is 0 Å². The van der Waals surface area contributed by atoms with E-state index in [-0.39, 0.29) is 0 Å². The van der Waals surface area contributed by atoms with E-state index in [1.54, 1.807) is 7.11 Å². The van der Waals surface area contributed by atoms with Crippen molar-refractivity contribution in [1.82, 2.24) is 5.32 Å². The molecule has 0 radical (unpaired) electrons. The van der Waals surface area contributed by atoms with Crippen molar-refractivity contribution in [3.8, 4) is 0 Å². The van der Waals surface area contributed by atoms with Gasteiger partial charge in [0.2, 0.25) is 0 Å². The molecule has 2 fully saturated rings. The van der Waals surface area contributed by atoms with Crippen molar-refractivity contribution >= 4 is 0 Å². The van der Waals surface area contributed by atoms with Crippen molar-refractivity contribution in [2.45, 2.75) is 56.7 Å². The van der Waals surface area contributed by atoms with E-state index < -0.39 is 0 Å². The quantitative estimate of drug-likeness (QED) is 0.705. The fourth-order valence-corrected chi connectivity index (χ4v) is 3.03. The monoisotopic (exact) mass is 227 g/mol. The maximum Gasteiger partial charge on any atom is 0.0708 e. The van der Waals surface area contributed by atoms with Crippen LogP contribution < -0.4 is 5.32 Å². The van der Waals surface area contributed by atoms with Crippen molar-refractivity contribution in [2.24, 2.45) is 0 Å². The van der Waals surface area contributed by atoms with Gasteiger partial charge in [0.05, 0.1) is 11.7 Å². The topological polar surface area (TPSA) is 30.5 Å². The zero-order valence-electron chi connectivity index (χ0n) is 10.5. The highest BCUT2D eigenvalue weighted by Gasteiger charge is 2.41. The second-order valence-electron chi connectivity index (χ2n) is 5.22. The van der Waals surface area contributed by atoms with Crippen LogP contribution in [0.1, 0.15) is 44.9 Å². The largest absolute Gasteiger partial charge is 0.385 e. The first-order valence-electron chi connectivity index (χ1n) is 6.72. The van der Waals surface area contributed by atoms with E-state index in [1.807, 2.05) is 0 Å². The summed E-state index contributed by atoms with van der Waals surface area (Å²) < 4.78 is 11.2. The van der Waals surface area contributed by atoms with E-state index in [4.69, 9.17) is 9.47 Å². The number of hydrogen-bond acceptors (Lipinski definition) is 3. The van der Waals surface area contributed by atoms with Gasteiger partial charge in [0.25, 0.3) is 0 Å². The molecule has 1 aliphatic carbocycles. The molecule has 94 valence electrons. The summed E-state index contributed by atoms with van der Waals surface area (Å²) in [5.74, 6) is 0. The molecular formula is C13H25NO2. The Labute approximate surface area is 98.9 Å². The molecule has 1 saturated carbocycles. The van der Waals surface area contributed by atoms with E-state index in [0.29, 0.717) is 11.7 Å². The average Bonchev–Trinajstić information content (AvgIpc) is 2.90. The molecule has 0 amide bonds. The minimum Gasteiger partial charge on any atom is -0.385 e. The van der Waals surface area contributed by atoms with Gasteiger partial charge in [0.15, 0.2) is 0 Å². The first-order chi connectivity index (χ1) is 7.85. The number of ether oxygens (including phenoxy) is 2. The number of rotatable bonds is 6.